The summed E-state index contributed by atoms with van der Waals surface area (Å²) in [6.45, 7) is 0. The molecule has 0 spiro atoms. The summed E-state index contributed by atoms with van der Waals surface area (Å²) in [5, 5.41) is 10.9. The van der Waals surface area contributed by atoms with E-state index in [1.54, 1.807) is 6.07 Å². The third-order valence-corrected chi connectivity index (χ3v) is 4.75. The Bertz CT molecular complexity index is 731. The molecule has 24 heavy (non-hydrogen) atoms. The van der Waals surface area contributed by atoms with E-state index >= 15 is 0 Å². The summed E-state index contributed by atoms with van der Waals surface area (Å²) in [4.78, 5) is 11.5. The van der Waals surface area contributed by atoms with Gasteiger partial charge in [0.05, 0.1) is 12.5 Å². The Labute approximate surface area is 151 Å². The zero-order valence-electron chi connectivity index (χ0n) is 13.0. The molecule has 5 heteroatoms. The van der Waals surface area contributed by atoms with E-state index in [4.69, 9.17) is 27.9 Å². The Morgan fingerprint density at radius 1 is 1.17 bits per heavy atom. The van der Waals surface area contributed by atoms with Crippen LogP contribution in [-0.4, -0.2) is 23.3 Å². The predicted octanol–water partition coefficient (Wildman–Crippen LogP) is 4.66. The molecule has 1 saturated heterocycles. The van der Waals surface area contributed by atoms with Crippen LogP contribution in [0, 0.1) is 0 Å². The highest BCUT2D eigenvalue weighted by Crippen LogP contribution is 2.34. The van der Waals surface area contributed by atoms with Crippen molar-refractivity contribution in [1.29, 1.82) is 0 Å². The van der Waals surface area contributed by atoms with Crippen molar-refractivity contribution in [3.05, 3.63) is 58.1 Å². The van der Waals surface area contributed by atoms with E-state index in [2.05, 4.69) is 0 Å². The lowest BCUT2D eigenvalue weighted by molar-refractivity contribution is -0.160. The highest BCUT2D eigenvalue weighted by molar-refractivity contribution is 6.35. The van der Waals surface area contributed by atoms with Gasteiger partial charge in [0, 0.05) is 16.5 Å². The number of carbonyl (C=O) groups excluding carboxylic acids is 1. The molecule has 3 nitrogen and oxygen atoms in total. The number of aliphatic hydroxyl groups excluding tert-OH is 1. The maximum Gasteiger partial charge on any atom is 0.308 e. The quantitative estimate of drug-likeness (QED) is 0.802. The minimum absolute atomic E-state index is 0.0769. The molecule has 0 saturated carbocycles. The molecule has 0 aromatic heterocycles. The second-order valence-electron chi connectivity index (χ2n) is 6.02. The summed E-state index contributed by atoms with van der Waals surface area (Å²) in [7, 11) is 0. The molecule has 1 heterocycles. The van der Waals surface area contributed by atoms with Gasteiger partial charge in [0.1, 0.15) is 6.10 Å². The number of hydrogen-bond acceptors (Lipinski definition) is 3. The fourth-order valence-electron chi connectivity index (χ4n) is 3.08. The van der Waals surface area contributed by atoms with Crippen LogP contribution in [0.15, 0.2) is 42.5 Å². The van der Waals surface area contributed by atoms with Gasteiger partial charge in [-0.05, 0) is 41.7 Å². The third-order valence-electron chi connectivity index (χ3n) is 4.20. The lowest BCUT2D eigenvalue weighted by Crippen LogP contribution is -2.32. The van der Waals surface area contributed by atoms with Gasteiger partial charge in [-0.15, -0.1) is 0 Å². The fraction of sp³-hybridized carbons (Fsp3) is 0.316. The van der Waals surface area contributed by atoms with Crippen LogP contribution in [0.4, 0.5) is 0 Å². The van der Waals surface area contributed by atoms with Crippen LogP contribution < -0.4 is 0 Å². The lowest BCUT2D eigenvalue weighted by Gasteiger charge is -2.26. The van der Waals surface area contributed by atoms with Crippen molar-refractivity contribution in [1.82, 2.24) is 0 Å². The van der Waals surface area contributed by atoms with Gasteiger partial charge in [-0.3, -0.25) is 4.79 Å². The number of ether oxygens (including phenoxy) is 1. The predicted molar refractivity (Wildman–Crippen MR) is 95.3 cm³/mol. The molecule has 2 aromatic rings. The number of aliphatic hydroxyl groups is 1. The lowest BCUT2D eigenvalue weighted by atomic mass is 9.93. The molecule has 1 fully saturated rings. The first kappa shape index (κ1) is 17.3. The molecule has 2 aromatic carbocycles. The van der Waals surface area contributed by atoms with E-state index in [0.29, 0.717) is 29.3 Å². The van der Waals surface area contributed by atoms with Crippen molar-refractivity contribution in [2.45, 2.75) is 37.9 Å². The summed E-state index contributed by atoms with van der Waals surface area (Å²) in [6, 6.07) is 13.5. The van der Waals surface area contributed by atoms with Crippen molar-refractivity contribution in [2.75, 3.05) is 0 Å². The Kier molecular flexibility index (Phi) is 5.44. The number of halogens is 2. The second kappa shape index (κ2) is 7.56. The molecule has 1 N–H and O–H groups in total. The Morgan fingerprint density at radius 2 is 1.92 bits per heavy atom. The zero-order chi connectivity index (χ0) is 17.1. The smallest absolute Gasteiger partial charge is 0.308 e. The van der Waals surface area contributed by atoms with Crippen molar-refractivity contribution in [3.63, 3.8) is 0 Å². The molecule has 126 valence electrons. The summed E-state index contributed by atoms with van der Waals surface area (Å²) in [5.74, 6) is -0.343. The first-order valence-electron chi connectivity index (χ1n) is 7.94. The minimum Gasteiger partial charge on any atom is -0.462 e. The number of benzene rings is 2. The SMILES string of the molecule is O=C1C[C@H](O)CC(CCc2c(Cl)cc(Cl)cc2-c2ccccc2)O1. The molecular weight excluding hydrogens is 347 g/mol. The molecule has 0 aliphatic carbocycles. The summed E-state index contributed by atoms with van der Waals surface area (Å²) in [6.07, 6.45) is 0.905. The van der Waals surface area contributed by atoms with Crippen LogP contribution in [0.1, 0.15) is 24.8 Å². The normalized spacial score (nSPS) is 20.7. The van der Waals surface area contributed by atoms with Gasteiger partial charge in [-0.25, -0.2) is 0 Å². The highest BCUT2D eigenvalue weighted by Gasteiger charge is 2.27. The number of rotatable bonds is 4. The van der Waals surface area contributed by atoms with Gasteiger partial charge >= 0.3 is 5.97 Å². The Balaban J connectivity index is 1.84. The first-order valence-corrected chi connectivity index (χ1v) is 8.69. The maximum atomic E-state index is 11.5. The van der Waals surface area contributed by atoms with Crippen molar-refractivity contribution < 1.29 is 14.6 Å². The third kappa shape index (κ3) is 4.10. The molecule has 2 atom stereocenters. The topological polar surface area (TPSA) is 46.5 Å². The van der Waals surface area contributed by atoms with E-state index in [1.165, 1.54) is 0 Å². The fourth-order valence-corrected chi connectivity index (χ4v) is 3.66. The van der Waals surface area contributed by atoms with Crippen molar-refractivity contribution in [2.24, 2.45) is 0 Å². The van der Waals surface area contributed by atoms with Gasteiger partial charge in [-0.2, -0.15) is 0 Å². The van der Waals surface area contributed by atoms with Crippen LogP contribution in [0.25, 0.3) is 11.1 Å². The molecule has 1 aliphatic heterocycles. The average Bonchev–Trinajstić information content (AvgIpc) is 2.53. The second-order valence-corrected chi connectivity index (χ2v) is 6.87. The van der Waals surface area contributed by atoms with E-state index < -0.39 is 6.10 Å². The van der Waals surface area contributed by atoms with Crippen molar-refractivity contribution >= 4 is 29.2 Å². The highest BCUT2D eigenvalue weighted by atomic mass is 35.5. The van der Waals surface area contributed by atoms with Gasteiger partial charge in [-0.1, -0.05) is 53.5 Å². The van der Waals surface area contributed by atoms with Crippen molar-refractivity contribution in [3.8, 4) is 11.1 Å². The maximum absolute atomic E-state index is 11.5. The first-order chi connectivity index (χ1) is 11.5. The standard InChI is InChI=1S/C19H18Cl2O3/c20-13-8-17(12-4-2-1-3-5-12)16(18(21)9-13)7-6-15-10-14(22)11-19(23)24-15/h1-5,8-9,14-15,22H,6-7,10-11H2/t14-,15?/m1/s1. The number of cyclic esters (lactones) is 1. The van der Waals surface area contributed by atoms with Gasteiger partial charge in [0.15, 0.2) is 0 Å². The zero-order valence-corrected chi connectivity index (χ0v) is 14.6. The molecule has 0 radical (unpaired) electrons. The van der Waals surface area contributed by atoms with Crippen LogP contribution in [0.3, 0.4) is 0 Å². The Morgan fingerprint density at radius 3 is 2.62 bits per heavy atom. The van der Waals surface area contributed by atoms with E-state index in [1.807, 2.05) is 36.4 Å². The van der Waals surface area contributed by atoms with E-state index in [-0.39, 0.29) is 18.5 Å². The summed E-state index contributed by atoms with van der Waals surface area (Å²) < 4.78 is 5.32. The van der Waals surface area contributed by atoms with E-state index in [9.17, 15) is 9.90 Å². The largest absolute Gasteiger partial charge is 0.462 e. The number of carbonyl (C=O) groups is 1. The van der Waals surface area contributed by atoms with Gasteiger partial charge < -0.3 is 9.84 Å². The molecule has 1 unspecified atom stereocenters. The average molecular weight is 365 g/mol. The van der Waals surface area contributed by atoms with Crippen LogP contribution in [0.2, 0.25) is 10.0 Å². The molecule has 0 bridgehead atoms. The number of esters is 1. The number of hydrogen-bond donors (Lipinski definition) is 1. The van der Waals surface area contributed by atoms with Crippen LogP contribution >= 0.6 is 23.2 Å². The van der Waals surface area contributed by atoms with Gasteiger partial charge in [0.25, 0.3) is 0 Å². The summed E-state index contributed by atoms with van der Waals surface area (Å²) in [5.41, 5.74) is 3.00. The van der Waals surface area contributed by atoms with E-state index in [0.717, 1.165) is 16.7 Å². The molecule has 0 amide bonds. The van der Waals surface area contributed by atoms with Gasteiger partial charge in [0.2, 0.25) is 0 Å². The minimum atomic E-state index is -0.620. The van der Waals surface area contributed by atoms with Crippen LogP contribution in [-0.2, 0) is 16.0 Å². The monoisotopic (exact) mass is 364 g/mol. The van der Waals surface area contributed by atoms with Crippen LogP contribution in [0.5, 0.6) is 0 Å². The molecular formula is C19H18Cl2O3. The molecule has 1 aliphatic rings. The molecule has 3 rings (SSSR count). The Hall–Kier alpha value is -1.55. The summed E-state index contributed by atoms with van der Waals surface area (Å²) >= 11 is 12.6.